The van der Waals surface area contributed by atoms with Crippen molar-refractivity contribution in [3.8, 4) is 11.5 Å². The van der Waals surface area contributed by atoms with E-state index in [1.807, 2.05) is 79.0 Å². The van der Waals surface area contributed by atoms with E-state index < -0.39 is 5.63 Å². The van der Waals surface area contributed by atoms with Gasteiger partial charge in [0.05, 0.1) is 17.1 Å². The van der Waals surface area contributed by atoms with Crippen molar-refractivity contribution in [1.82, 2.24) is 0 Å². The molecule has 0 unspecified atom stereocenters. The average Bonchev–Trinajstić information content (AvgIpc) is 2.68. The van der Waals surface area contributed by atoms with Crippen LogP contribution in [0.4, 0.5) is 5.69 Å². The van der Waals surface area contributed by atoms with Crippen molar-refractivity contribution in [2.75, 3.05) is 0 Å². The van der Waals surface area contributed by atoms with E-state index in [2.05, 4.69) is 4.99 Å². The second kappa shape index (κ2) is 7.07. The maximum atomic E-state index is 11.7. The van der Waals surface area contributed by atoms with Gasteiger partial charge in [0.2, 0.25) is 0 Å². The summed E-state index contributed by atoms with van der Waals surface area (Å²) >= 11 is 0. The zero-order chi connectivity index (χ0) is 17.8. The maximum absolute atomic E-state index is 11.7. The van der Waals surface area contributed by atoms with E-state index in [0.717, 1.165) is 16.6 Å². The van der Waals surface area contributed by atoms with Crippen LogP contribution in [-0.4, -0.2) is 6.21 Å². The third-order valence-corrected chi connectivity index (χ3v) is 3.84. The van der Waals surface area contributed by atoms with Crippen LogP contribution in [0.3, 0.4) is 0 Å². The highest BCUT2D eigenvalue weighted by atomic mass is 16.5. The van der Waals surface area contributed by atoms with Crippen molar-refractivity contribution < 1.29 is 9.15 Å². The maximum Gasteiger partial charge on any atom is 0.339 e. The summed E-state index contributed by atoms with van der Waals surface area (Å²) in [5, 5.41) is 0.748. The summed E-state index contributed by atoms with van der Waals surface area (Å²) in [4.78, 5) is 16.1. The molecule has 126 valence electrons. The molecule has 4 aromatic rings. The Morgan fingerprint density at radius 3 is 2.38 bits per heavy atom. The normalized spacial score (nSPS) is 11.1. The van der Waals surface area contributed by atoms with Gasteiger partial charge in [-0.1, -0.05) is 42.5 Å². The van der Waals surface area contributed by atoms with Gasteiger partial charge in [0.15, 0.2) is 0 Å². The topological polar surface area (TPSA) is 51.8 Å². The van der Waals surface area contributed by atoms with E-state index in [1.54, 1.807) is 6.07 Å². The average molecular weight is 341 g/mol. The lowest BCUT2D eigenvalue weighted by Gasteiger charge is -2.08. The number of aliphatic imine (C=N–C) groups is 1. The Hall–Kier alpha value is -3.66. The first-order valence-corrected chi connectivity index (χ1v) is 8.18. The van der Waals surface area contributed by atoms with Crippen molar-refractivity contribution in [2.45, 2.75) is 0 Å². The van der Waals surface area contributed by atoms with Gasteiger partial charge in [0, 0.05) is 6.21 Å². The first-order valence-electron chi connectivity index (χ1n) is 8.18. The van der Waals surface area contributed by atoms with E-state index in [-0.39, 0.29) is 0 Å². The Balaban J connectivity index is 1.57. The lowest BCUT2D eigenvalue weighted by atomic mass is 10.2. The zero-order valence-corrected chi connectivity index (χ0v) is 13.8. The molecule has 0 aliphatic heterocycles. The van der Waals surface area contributed by atoms with Crippen LogP contribution in [0.25, 0.3) is 11.0 Å². The Morgan fingerprint density at radius 1 is 0.846 bits per heavy atom. The molecule has 1 aromatic heterocycles. The van der Waals surface area contributed by atoms with E-state index in [4.69, 9.17) is 9.15 Å². The van der Waals surface area contributed by atoms with Crippen LogP contribution >= 0.6 is 0 Å². The first-order chi connectivity index (χ1) is 12.8. The lowest BCUT2D eigenvalue weighted by Crippen LogP contribution is -1.98. The largest absolute Gasteiger partial charge is 0.456 e. The molecule has 1 heterocycles. The third kappa shape index (κ3) is 3.54. The van der Waals surface area contributed by atoms with Crippen LogP contribution in [0.2, 0.25) is 0 Å². The van der Waals surface area contributed by atoms with Crippen LogP contribution in [-0.2, 0) is 0 Å². The first kappa shape index (κ1) is 15.8. The van der Waals surface area contributed by atoms with Crippen molar-refractivity contribution in [3.63, 3.8) is 0 Å². The smallest absolute Gasteiger partial charge is 0.339 e. The second-order valence-electron chi connectivity index (χ2n) is 5.69. The van der Waals surface area contributed by atoms with Crippen LogP contribution in [0.15, 0.2) is 99.1 Å². The minimum absolute atomic E-state index is 0.442. The highest BCUT2D eigenvalue weighted by Crippen LogP contribution is 2.29. The van der Waals surface area contributed by atoms with Gasteiger partial charge in [0.1, 0.15) is 17.1 Å². The van der Waals surface area contributed by atoms with Gasteiger partial charge in [-0.05, 0) is 42.0 Å². The number of fused-ring (bicyclic) bond motifs is 1. The molecule has 0 N–H and O–H groups in total. The molecular weight excluding hydrogens is 326 g/mol. The van der Waals surface area contributed by atoms with Crippen molar-refractivity contribution in [3.05, 3.63) is 101 Å². The number of benzene rings is 3. The Morgan fingerprint density at radius 2 is 1.58 bits per heavy atom. The summed E-state index contributed by atoms with van der Waals surface area (Å²) in [5.41, 5.74) is 1.91. The molecule has 4 nitrogen and oxygen atoms in total. The SMILES string of the molecule is O=c1cc(Oc2ccc(N=Cc3ccccc3)cc2)c2ccccc2o1. The van der Waals surface area contributed by atoms with Crippen molar-refractivity contribution >= 4 is 22.9 Å². The van der Waals surface area contributed by atoms with Gasteiger partial charge < -0.3 is 9.15 Å². The lowest BCUT2D eigenvalue weighted by molar-refractivity contribution is 0.475. The molecule has 26 heavy (non-hydrogen) atoms. The molecule has 0 bridgehead atoms. The second-order valence-corrected chi connectivity index (χ2v) is 5.69. The van der Waals surface area contributed by atoms with Crippen LogP contribution in [0, 0.1) is 0 Å². The molecule has 0 saturated carbocycles. The fourth-order valence-corrected chi connectivity index (χ4v) is 2.58. The predicted molar refractivity (Wildman–Crippen MR) is 103 cm³/mol. The van der Waals surface area contributed by atoms with Crippen molar-refractivity contribution in [2.24, 2.45) is 4.99 Å². The molecule has 0 aliphatic carbocycles. The fraction of sp³-hybridized carbons (Fsp3) is 0. The standard InChI is InChI=1S/C22H15NO3/c24-22-14-21(19-8-4-5-9-20(19)26-22)25-18-12-10-17(11-13-18)23-15-16-6-2-1-3-7-16/h1-15H. The Labute approximate surface area is 150 Å². The number of para-hydroxylation sites is 1. The van der Waals surface area contributed by atoms with Gasteiger partial charge >= 0.3 is 5.63 Å². The number of nitrogens with zero attached hydrogens (tertiary/aromatic N) is 1. The predicted octanol–water partition coefficient (Wildman–Crippen LogP) is 5.34. The molecule has 0 atom stereocenters. The number of ether oxygens (including phenoxy) is 1. The highest BCUT2D eigenvalue weighted by Gasteiger charge is 2.07. The summed E-state index contributed by atoms with van der Waals surface area (Å²) in [6, 6.07) is 25.9. The van der Waals surface area contributed by atoms with Gasteiger partial charge in [-0.3, -0.25) is 4.99 Å². The van der Waals surface area contributed by atoms with E-state index in [0.29, 0.717) is 17.1 Å². The molecular formula is C22H15NO3. The molecule has 0 fully saturated rings. The quantitative estimate of drug-likeness (QED) is 0.372. The third-order valence-electron chi connectivity index (χ3n) is 3.84. The summed E-state index contributed by atoms with van der Waals surface area (Å²) in [5.74, 6) is 1.09. The minimum Gasteiger partial charge on any atom is -0.456 e. The Kier molecular flexibility index (Phi) is 4.31. The van der Waals surface area contributed by atoms with E-state index in [9.17, 15) is 4.79 Å². The fourth-order valence-electron chi connectivity index (χ4n) is 2.58. The number of hydrogen-bond donors (Lipinski definition) is 0. The molecule has 0 aliphatic rings. The van der Waals surface area contributed by atoms with Gasteiger partial charge in [-0.2, -0.15) is 0 Å². The van der Waals surface area contributed by atoms with E-state index in [1.165, 1.54) is 6.07 Å². The van der Waals surface area contributed by atoms with Crippen LogP contribution < -0.4 is 10.4 Å². The summed E-state index contributed by atoms with van der Waals surface area (Å²) in [7, 11) is 0. The van der Waals surface area contributed by atoms with E-state index >= 15 is 0 Å². The molecule has 0 radical (unpaired) electrons. The summed E-state index contributed by atoms with van der Waals surface area (Å²) in [6.45, 7) is 0. The molecule has 0 saturated heterocycles. The van der Waals surface area contributed by atoms with Gasteiger partial charge in [0.25, 0.3) is 0 Å². The summed E-state index contributed by atoms with van der Waals surface area (Å²) < 4.78 is 11.1. The highest BCUT2D eigenvalue weighted by molar-refractivity contribution is 5.83. The molecule has 3 aromatic carbocycles. The minimum atomic E-state index is -0.442. The van der Waals surface area contributed by atoms with Crippen LogP contribution in [0.1, 0.15) is 5.56 Å². The van der Waals surface area contributed by atoms with Crippen molar-refractivity contribution in [1.29, 1.82) is 0 Å². The molecule has 0 amide bonds. The van der Waals surface area contributed by atoms with Gasteiger partial charge in [-0.25, -0.2) is 4.79 Å². The summed E-state index contributed by atoms with van der Waals surface area (Å²) in [6.07, 6.45) is 1.81. The molecule has 4 rings (SSSR count). The zero-order valence-electron chi connectivity index (χ0n) is 13.8. The molecule has 4 heteroatoms. The monoisotopic (exact) mass is 341 g/mol. The van der Waals surface area contributed by atoms with Crippen LogP contribution in [0.5, 0.6) is 11.5 Å². The Bertz CT molecular complexity index is 1110. The van der Waals surface area contributed by atoms with Gasteiger partial charge in [-0.15, -0.1) is 0 Å². The number of rotatable bonds is 4. The molecule has 0 spiro atoms. The number of hydrogen-bond acceptors (Lipinski definition) is 4.